The monoisotopic (exact) mass is 440 g/mol. The molecule has 0 N–H and O–H groups in total. The van der Waals surface area contributed by atoms with Crippen LogP contribution in [0.1, 0.15) is 38.1 Å². The third-order valence-corrected chi connectivity index (χ3v) is 4.08. The van der Waals surface area contributed by atoms with E-state index in [1.165, 1.54) is 18.4 Å². The van der Waals surface area contributed by atoms with Crippen LogP contribution in [0.15, 0.2) is 57.9 Å². The molecule has 0 fully saturated rings. The number of benzene rings is 2. The molecule has 1 heterocycles. The second kappa shape index (κ2) is 9.55. The van der Waals surface area contributed by atoms with Gasteiger partial charge < -0.3 is 23.4 Å². The van der Waals surface area contributed by atoms with Crippen LogP contribution in [-0.2, 0) is 14.3 Å². The van der Waals surface area contributed by atoms with Crippen LogP contribution in [0, 0.1) is 0 Å². The number of ether oxygens (including phenoxy) is 4. The van der Waals surface area contributed by atoms with E-state index in [9.17, 15) is 14.4 Å². The summed E-state index contributed by atoms with van der Waals surface area (Å²) < 4.78 is 26.7. The Morgan fingerprint density at radius 3 is 2.34 bits per heavy atom. The molecule has 32 heavy (non-hydrogen) atoms. The maximum atomic E-state index is 12.8. The quantitative estimate of drug-likeness (QED) is 0.496. The number of fused-ring (bicyclic) bond motifs is 1. The van der Waals surface area contributed by atoms with Gasteiger partial charge >= 0.3 is 11.9 Å². The van der Waals surface area contributed by atoms with Gasteiger partial charge in [0.25, 0.3) is 0 Å². The molecule has 0 amide bonds. The van der Waals surface area contributed by atoms with Crippen molar-refractivity contribution in [3.8, 4) is 17.2 Å². The Hall–Kier alpha value is -3.81. The van der Waals surface area contributed by atoms with Crippen molar-refractivity contribution >= 4 is 22.9 Å². The van der Waals surface area contributed by atoms with E-state index in [-0.39, 0.29) is 35.4 Å². The highest BCUT2D eigenvalue weighted by atomic mass is 16.6. The molecule has 3 aromatic rings. The minimum Gasteiger partial charge on any atom is -0.482 e. The summed E-state index contributed by atoms with van der Waals surface area (Å²) in [5, 5.41) is 0.287. The molecule has 2 aromatic carbocycles. The first-order valence-electron chi connectivity index (χ1n) is 10.0. The van der Waals surface area contributed by atoms with Gasteiger partial charge in [0.2, 0.25) is 11.2 Å². The maximum absolute atomic E-state index is 12.8. The average Bonchev–Trinajstić information content (AvgIpc) is 2.74. The highest BCUT2D eigenvalue weighted by Gasteiger charge is 2.17. The van der Waals surface area contributed by atoms with Gasteiger partial charge in [0.15, 0.2) is 6.61 Å². The Kier molecular flexibility index (Phi) is 6.82. The third kappa shape index (κ3) is 5.87. The molecule has 0 saturated carbocycles. The van der Waals surface area contributed by atoms with Crippen molar-refractivity contribution in [2.75, 3.05) is 13.2 Å². The number of carbonyl (C=O) groups excluding carboxylic acids is 2. The third-order valence-electron chi connectivity index (χ3n) is 4.08. The Labute approximate surface area is 184 Å². The number of hydrogen-bond acceptors (Lipinski definition) is 8. The van der Waals surface area contributed by atoms with E-state index in [4.69, 9.17) is 23.4 Å². The number of rotatable bonds is 7. The van der Waals surface area contributed by atoms with Crippen LogP contribution < -0.4 is 14.9 Å². The molecule has 0 radical (unpaired) electrons. The molecule has 168 valence electrons. The lowest BCUT2D eigenvalue weighted by Gasteiger charge is -2.19. The van der Waals surface area contributed by atoms with Crippen LogP contribution in [0.2, 0.25) is 0 Å². The minimum absolute atomic E-state index is 0.0104. The summed E-state index contributed by atoms with van der Waals surface area (Å²) in [6, 6.07) is 10.8. The number of carbonyl (C=O) groups is 2. The molecule has 8 nitrogen and oxygen atoms in total. The van der Waals surface area contributed by atoms with Crippen molar-refractivity contribution in [2.24, 2.45) is 0 Å². The Morgan fingerprint density at radius 2 is 1.69 bits per heavy atom. The van der Waals surface area contributed by atoms with Crippen LogP contribution in [-0.4, -0.2) is 30.8 Å². The molecule has 8 heteroatoms. The van der Waals surface area contributed by atoms with Crippen molar-refractivity contribution in [3.05, 3.63) is 64.5 Å². The summed E-state index contributed by atoms with van der Waals surface area (Å²) >= 11 is 0. The zero-order valence-corrected chi connectivity index (χ0v) is 18.3. The molecule has 1 aromatic heterocycles. The fraction of sp³-hybridized carbons (Fsp3) is 0.292. The molecule has 0 spiro atoms. The minimum atomic E-state index is -0.605. The van der Waals surface area contributed by atoms with Gasteiger partial charge in [0, 0.05) is 6.07 Å². The summed E-state index contributed by atoms with van der Waals surface area (Å²) in [6.07, 6.45) is 1.20. The van der Waals surface area contributed by atoms with E-state index < -0.39 is 17.5 Å². The lowest BCUT2D eigenvalue weighted by molar-refractivity contribution is -0.157. The molecule has 0 atom stereocenters. The van der Waals surface area contributed by atoms with Crippen LogP contribution >= 0.6 is 0 Å². The summed E-state index contributed by atoms with van der Waals surface area (Å²) in [6.45, 7) is 7.04. The molecule has 0 aliphatic carbocycles. The second-order valence-corrected chi connectivity index (χ2v) is 7.81. The molecule has 0 saturated heterocycles. The van der Waals surface area contributed by atoms with Gasteiger partial charge in [-0.3, -0.25) is 4.79 Å². The van der Waals surface area contributed by atoms with Crippen molar-refractivity contribution in [3.63, 3.8) is 0 Å². The van der Waals surface area contributed by atoms with Gasteiger partial charge in [-0.05, 0) is 64.1 Å². The fourth-order valence-electron chi connectivity index (χ4n) is 2.76. The predicted octanol–water partition coefficient (Wildman–Crippen LogP) is 4.48. The van der Waals surface area contributed by atoms with E-state index in [2.05, 4.69) is 0 Å². The first-order chi connectivity index (χ1) is 15.2. The summed E-state index contributed by atoms with van der Waals surface area (Å²) in [5.41, 5.74) is -0.323. The van der Waals surface area contributed by atoms with Crippen molar-refractivity contribution < 1.29 is 33.0 Å². The molecule has 0 aliphatic rings. The van der Waals surface area contributed by atoms with Crippen LogP contribution in [0.25, 0.3) is 11.0 Å². The van der Waals surface area contributed by atoms with Crippen molar-refractivity contribution in [1.29, 1.82) is 0 Å². The van der Waals surface area contributed by atoms with Crippen LogP contribution in [0.3, 0.4) is 0 Å². The SMILES string of the molecule is CCOC(=O)c1ccc(Oc2coc3cc(OCC(=O)OC(C)(C)C)ccc3c2=O)cc1. The zero-order chi connectivity index (χ0) is 23.3. The number of esters is 2. The van der Waals surface area contributed by atoms with E-state index in [1.807, 2.05) is 0 Å². The second-order valence-electron chi connectivity index (χ2n) is 7.81. The molecule has 0 aliphatic heterocycles. The first-order valence-corrected chi connectivity index (χ1v) is 10.0. The normalized spacial score (nSPS) is 11.1. The van der Waals surface area contributed by atoms with Crippen molar-refractivity contribution in [1.82, 2.24) is 0 Å². The van der Waals surface area contributed by atoms with Gasteiger partial charge in [-0.25, -0.2) is 9.59 Å². The van der Waals surface area contributed by atoms with Gasteiger partial charge in [0.1, 0.15) is 28.9 Å². The van der Waals surface area contributed by atoms with E-state index in [1.54, 1.807) is 58.0 Å². The average molecular weight is 440 g/mol. The predicted molar refractivity (Wildman–Crippen MR) is 116 cm³/mol. The van der Waals surface area contributed by atoms with Gasteiger partial charge in [-0.1, -0.05) is 0 Å². The zero-order valence-electron chi connectivity index (χ0n) is 18.3. The molecule has 3 rings (SSSR count). The standard InChI is InChI=1S/C24H24O8/c1-5-28-23(27)15-6-8-16(9-7-15)31-20-13-30-19-12-17(10-11-18(19)22(20)26)29-14-21(25)32-24(2,3)4/h6-13H,5,14H2,1-4H3. The van der Waals surface area contributed by atoms with Gasteiger partial charge in [0.05, 0.1) is 17.6 Å². The Morgan fingerprint density at radius 1 is 1.00 bits per heavy atom. The highest BCUT2D eigenvalue weighted by molar-refractivity contribution is 5.89. The molecule has 0 unspecified atom stereocenters. The van der Waals surface area contributed by atoms with Gasteiger partial charge in [-0.2, -0.15) is 0 Å². The fourth-order valence-corrected chi connectivity index (χ4v) is 2.76. The smallest absolute Gasteiger partial charge is 0.344 e. The van der Waals surface area contributed by atoms with Crippen LogP contribution in [0.5, 0.6) is 17.2 Å². The maximum Gasteiger partial charge on any atom is 0.344 e. The first kappa shape index (κ1) is 22.9. The number of hydrogen-bond donors (Lipinski definition) is 0. The van der Waals surface area contributed by atoms with E-state index >= 15 is 0 Å². The molecule has 0 bridgehead atoms. The van der Waals surface area contributed by atoms with E-state index in [0.29, 0.717) is 17.1 Å². The largest absolute Gasteiger partial charge is 0.482 e. The summed E-state index contributed by atoms with van der Waals surface area (Å²) in [4.78, 5) is 36.3. The lowest BCUT2D eigenvalue weighted by Crippen LogP contribution is -2.27. The van der Waals surface area contributed by atoms with E-state index in [0.717, 1.165) is 0 Å². The Bertz CT molecular complexity index is 1170. The van der Waals surface area contributed by atoms with Crippen molar-refractivity contribution in [2.45, 2.75) is 33.3 Å². The van der Waals surface area contributed by atoms with Gasteiger partial charge in [-0.15, -0.1) is 0 Å². The highest BCUT2D eigenvalue weighted by Crippen LogP contribution is 2.24. The lowest BCUT2D eigenvalue weighted by atomic mass is 10.2. The van der Waals surface area contributed by atoms with Crippen LogP contribution in [0.4, 0.5) is 0 Å². The molecular formula is C24H24O8. The molecular weight excluding hydrogens is 416 g/mol. The Balaban J connectivity index is 1.72. The topological polar surface area (TPSA) is 101 Å². The summed E-state index contributed by atoms with van der Waals surface area (Å²) in [5.74, 6) is -0.230. The summed E-state index contributed by atoms with van der Waals surface area (Å²) in [7, 11) is 0.